The number of likely N-dealkylation sites (tertiary alicyclic amines) is 1. The molecule has 0 aromatic heterocycles. The first kappa shape index (κ1) is 20.3. The van der Waals surface area contributed by atoms with Gasteiger partial charge in [-0.1, -0.05) is 19.3 Å². The van der Waals surface area contributed by atoms with E-state index in [-0.39, 0.29) is 36.4 Å². The Kier molecular flexibility index (Phi) is 8.26. The number of hydrogen-bond acceptors (Lipinski definition) is 4. The molecule has 3 rings (SSSR count). The van der Waals surface area contributed by atoms with Crippen molar-refractivity contribution < 1.29 is 14.3 Å². The number of piperidine rings is 1. The van der Waals surface area contributed by atoms with Gasteiger partial charge < -0.3 is 25.6 Å². The van der Waals surface area contributed by atoms with Crippen molar-refractivity contribution in [1.82, 2.24) is 20.9 Å². The van der Waals surface area contributed by atoms with Crippen molar-refractivity contribution in [1.29, 1.82) is 0 Å². The molecule has 1 atom stereocenters. The molecule has 3 fully saturated rings. The van der Waals surface area contributed by atoms with Crippen LogP contribution in [0.1, 0.15) is 44.9 Å². The fourth-order valence-corrected chi connectivity index (χ4v) is 3.85. The monoisotopic (exact) mass is 374 g/mol. The van der Waals surface area contributed by atoms with E-state index >= 15 is 0 Å². The van der Waals surface area contributed by atoms with Crippen molar-refractivity contribution >= 4 is 24.3 Å². The van der Waals surface area contributed by atoms with Gasteiger partial charge in [0, 0.05) is 31.7 Å². The van der Waals surface area contributed by atoms with Gasteiger partial charge >= 0.3 is 6.03 Å². The number of urea groups is 1. The predicted octanol–water partition coefficient (Wildman–Crippen LogP) is 1.02. The van der Waals surface area contributed by atoms with Crippen molar-refractivity contribution in [2.24, 2.45) is 0 Å². The van der Waals surface area contributed by atoms with Crippen LogP contribution in [0, 0.1) is 0 Å². The largest absolute Gasteiger partial charge is 0.378 e. The molecule has 8 heteroatoms. The van der Waals surface area contributed by atoms with Gasteiger partial charge in [-0.25, -0.2) is 4.79 Å². The quantitative estimate of drug-likeness (QED) is 0.688. The zero-order valence-electron chi connectivity index (χ0n) is 14.8. The Balaban J connectivity index is 0.00000225. The Bertz CT molecular complexity index is 432. The summed E-state index contributed by atoms with van der Waals surface area (Å²) in [7, 11) is 0. The highest BCUT2D eigenvalue weighted by atomic mass is 35.5. The van der Waals surface area contributed by atoms with Gasteiger partial charge in [-0.15, -0.1) is 12.4 Å². The Labute approximate surface area is 156 Å². The molecule has 3 amide bonds. The highest BCUT2D eigenvalue weighted by Crippen LogP contribution is 2.17. The maximum Gasteiger partial charge on any atom is 0.315 e. The minimum Gasteiger partial charge on any atom is -0.378 e. The van der Waals surface area contributed by atoms with Crippen LogP contribution >= 0.6 is 12.4 Å². The van der Waals surface area contributed by atoms with Gasteiger partial charge in [0.05, 0.1) is 13.2 Å². The molecule has 3 aliphatic rings. The summed E-state index contributed by atoms with van der Waals surface area (Å²) in [6.45, 7) is 3.26. The molecule has 25 heavy (non-hydrogen) atoms. The van der Waals surface area contributed by atoms with E-state index in [1.54, 1.807) is 0 Å². The van der Waals surface area contributed by atoms with E-state index in [0.29, 0.717) is 32.3 Å². The summed E-state index contributed by atoms with van der Waals surface area (Å²) in [5, 5.41) is 9.38. The van der Waals surface area contributed by atoms with Gasteiger partial charge in [0.15, 0.2) is 0 Å². The number of hydrogen-bond donors (Lipinski definition) is 3. The van der Waals surface area contributed by atoms with Crippen molar-refractivity contribution in [3.05, 3.63) is 0 Å². The average Bonchev–Trinajstić information content (AvgIpc) is 2.63. The number of ether oxygens (including phenoxy) is 1. The lowest BCUT2D eigenvalue weighted by Gasteiger charge is -2.35. The summed E-state index contributed by atoms with van der Waals surface area (Å²) in [6, 6.07) is 0.234. The van der Waals surface area contributed by atoms with Crippen molar-refractivity contribution in [2.75, 3.05) is 32.8 Å². The lowest BCUT2D eigenvalue weighted by atomic mass is 9.96. The zero-order valence-corrected chi connectivity index (χ0v) is 15.6. The predicted molar refractivity (Wildman–Crippen MR) is 98.0 cm³/mol. The number of carbonyl (C=O) groups excluding carboxylic acids is 2. The first-order valence-electron chi connectivity index (χ1n) is 9.39. The van der Waals surface area contributed by atoms with E-state index in [1.807, 2.05) is 4.90 Å². The van der Waals surface area contributed by atoms with E-state index in [4.69, 9.17) is 4.74 Å². The fourth-order valence-electron chi connectivity index (χ4n) is 3.85. The standard InChI is InChI=1S/C17H30N4O3.ClH/c22-16(15-12-24-11-8-18-15)21-9-6-14(7-10-21)20-17(23)19-13-4-2-1-3-5-13;/h13-15,18H,1-12H2,(H2,19,20,23);1H. The van der Waals surface area contributed by atoms with Crippen molar-refractivity contribution in [3.63, 3.8) is 0 Å². The van der Waals surface area contributed by atoms with E-state index < -0.39 is 0 Å². The maximum atomic E-state index is 12.4. The SMILES string of the molecule is Cl.O=C(NC1CCCCC1)NC1CCN(C(=O)C2COCCN2)CC1. The molecule has 3 N–H and O–H groups in total. The minimum absolute atomic E-state index is 0. The Hall–Kier alpha value is -1.05. The number of nitrogens with zero attached hydrogens (tertiary/aromatic N) is 1. The second-order valence-electron chi connectivity index (χ2n) is 7.13. The molecule has 1 saturated carbocycles. The fraction of sp³-hybridized carbons (Fsp3) is 0.882. The first-order chi connectivity index (χ1) is 11.7. The molecule has 0 bridgehead atoms. The number of carbonyl (C=O) groups is 2. The third-order valence-electron chi connectivity index (χ3n) is 5.30. The van der Waals surface area contributed by atoms with Gasteiger partial charge in [0.25, 0.3) is 0 Å². The Morgan fingerprint density at radius 3 is 2.20 bits per heavy atom. The molecular formula is C17H31ClN4O3. The van der Waals surface area contributed by atoms with E-state index in [2.05, 4.69) is 16.0 Å². The number of nitrogens with one attached hydrogen (secondary N) is 3. The van der Waals surface area contributed by atoms with Crippen LogP contribution in [0.15, 0.2) is 0 Å². The minimum atomic E-state index is -0.210. The topological polar surface area (TPSA) is 82.7 Å². The Morgan fingerprint density at radius 2 is 1.60 bits per heavy atom. The van der Waals surface area contributed by atoms with Crippen LogP contribution in [0.25, 0.3) is 0 Å². The summed E-state index contributed by atoms with van der Waals surface area (Å²) in [5.74, 6) is 0.125. The highest BCUT2D eigenvalue weighted by Gasteiger charge is 2.30. The molecule has 1 aliphatic carbocycles. The number of rotatable bonds is 3. The molecule has 0 spiro atoms. The van der Waals surface area contributed by atoms with Crippen LogP contribution in [0.4, 0.5) is 4.79 Å². The molecule has 7 nitrogen and oxygen atoms in total. The molecule has 2 aliphatic heterocycles. The smallest absolute Gasteiger partial charge is 0.315 e. The normalized spacial score (nSPS) is 25.8. The first-order valence-corrected chi connectivity index (χ1v) is 9.39. The lowest BCUT2D eigenvalue weighted by Crippen LogP contribution is -2.56. The molecule has 0 aromatic carbocycles. The number of morpholine rings is 1. The Morgan fingerprint density at radius 1 is 0.960 bits per heavy atom. The van der Waals surface area contributed by atoms with Crippen LogP contribution in [0.5, 0.6) is 0 Å². The van der Waals surface area contributed by atoms with E-state index in [9.17, 15) is 9.59 Å². The number of halogens is 1. The second-order valence-corrected chi connectivity index (χ2v) is 7.13. The van der Waals surface area contributed by atoms with E-state index in [1.165, 1.54) is 19.3 Å². The summed E-state index contributed by atoms with van der Waals surface area (Å²) >= 11 is 0. The van der Waals surface area contributed by atoms with Gasteiger partial charge in [0.1, 0.15) is 6.04 Å². The molecule has 0 aromatic rings. The summed E-state index contributed by atoms with van der Waals surface area (Å²) in [6.07, 6.45) is 7.53. The van der Waals surface area contributed by atoms with Crippen molar-refractivity contribution in [3.8, 4) is 0 Å². The summed E-state index contributed by atoms with van der Waals surface area (Å²) < 4.78 is 5.36. The molecule has 144 valence electrons. The highest BCUT2D eigenvalue weighted by molar-refractivity contribution is 5.85. The molecular weight excluding hydrogens is 344 g/mol. The third-order valence-corrected chi connectivity index (χ3v) is 5.30. The van der Waals surface area contributed by atoms with Crippen LogP contribution in [0.2, 0.25) is 0 Å². The van der Waals surface area contributed by atoms with Gasteiger partial charge in [-0.3, -0.25) is 4.79 Å². The summed E-state index contributed by atoms with van der Waals surface area (Å²) in [4.78, 5) is 26.4. The second kappa shape index (κ2) is 10.2. The van der Waals surface area contributed by atoms with Gasteiger partial charge in [-0.05, 0) is 25.7 Å². The van der Waals surface area contributed by atoms with Crippen LogP contribution in [-0.4, -0.2) is 67.8 Å². The maximum absolute atomic E-state index is 12.4. The third kappa shape index (κ3) is 6.01. The van der Waals surface area contributed by atoms with Crippen LogP contribution < -0.4 is 16.0 Å². The average molecular weight is 375 g/mol. The molecule has 1 unspecified atom stereocenters. The molecule has 0 radical (unpaired) electrons. The van der Waals surface area contributed by atoms with E-state index in [0.717, 1.165) is 32.2 Å². The molecule has 2 heterocycles. The van der Waals surface area contributed by atoms with Crippen molar-refractivity contribution in [2.45, 2.75) is 63.1 Å². The summed E-state index contributed by atoms with van der Waals surface area (Å²) in [5.41, 5.74) is 0. The zero-order chi connectivity index (χ0) is 16.8. The number of amides is 3. The van der Waals surface area contributed by atoms with Gasteiger partial charge in [-0.2, -0.15) is 0 Å². The lowest BCUT2D eigenvalue weighted by molar-refractivity contribution is -0.137. The van der Waals surface area contributed by atoms with Crippen LogP contribution in [0.3, 0.4) is 0 Å². The van der Waals surface area contributed by atoms with Crippen LogP contribution in [-0.2, 0) is 9.53 Å². The van der Waals surface area contributed by atoms with Gasteiger partial charge in [0.2, 0.25) is 5.91 Å². The molecule has 2 saturated heterocycles.